The van der Waals surface area contributed by atoms with Gasteiger partial charge in [0, 0.05) is 25.7 Å². The van der Waals surface area contributed by atoms with Crippen molar-refractivity contribution < 1.29 is 80.2 Å². The first-order chi connectivity index (χ1) is 43.7. The van der Waals surface area contributed by atoms with Crippen LogP contribution < -0.4 is 0 Å². The van der Waals surface area contributed by atoms with Crippen molar-refractivity contribution in [1.82, 2.24) is 0 Å². The summed E-state index contributed by atoms with van der Waals surface area (Å²) in [6.07, 6.45) is 54.4. The van der Waals surface area contributed by atoms with Gasteiger partial charge in [-0.15, -0.1) is 0 Å². The Bertz CT molecular complexity index is 1720. The SMILES string of the molecule is CCCCCCCCCCCCCCCCCCCCCC(=O)O[C@H](COC(=O)CCCCCCCCCCCCCCCCCC)COP(=O)(O)OC[C@@H](O)COP(=O)(O)OC[C@@H](COC(=O)CCCCCCCCC)OC(=O)CCCCCCCCCC. The topological polar surface area (TPSA) is 237 Å². The van der Waals surface area contributed by atoms with Crippen molar-refractivity contribution in [1.29, 1.82) is 0 Å². The van der Waals surface area contributed by atoms with Gasteiger partial charge >= 0.3 is 39.5 Å². The van der Waals surface area contributed by atoms with Gasteiger partial charge in [0.1, 0.15) is 19.3 Å². The zero-order chi connectivity index (χ0) is 66.1. The summed E-state index contributed by atoms with van der Waals surface area (Å²) in [5.41, 5.74) is 0. The molecular weight excluding hydrogens is 1190 g/mol. The minimum absolute atomic E-state index is 0.105. The monoisotopic (exact) mass is 1320 g/mol. The van der Waals surface area contributed by atoms with Gasteiger partial charge in [0.15, 0.2) is 12.2 Å². The standard InChI is InChI=1S/C71H138O17P2/c1-5-9-13-17-21-24-26-28-30-32-33-34-36-38-40-42-46-50-54-58-71(76)88-67(62-82-69(74)56-52-48-45-41-39-37-35-31-29-27-25-22-18-14-10-6-2)64-86-90(79,80)84-60-65(72)59-83-89(77,78)85-63-66(61-81-68(73)55-51-47-43-20-16-12-8-4)87-70(75)57-53-49-44-23-19-15-11-7-3/h65-67,72H,5-64H2,1-4H3,(H,77,78)(H,79,80)/t65-,66+,67+/m0/s1. The van der Waals surface area contributed by atoms with Crippen LogP contribution in [0.4, 0.5) is 0 Å². The minimum atomic E-state index is -4.95. The third kappa shape index (κ3) is 64.8. The largest absolute Gasteiger partial charge is 0.472 e. The highest BCUT2D eigenvalue weighted by molar-refractivity contribution is 7.47. The highest BCUT2D eigenvalue weighted by Crippen LogP contribution is 2.45. The van der Waals surface area contributed by atoms with Gasteiger partial charge in [-0.3, -0.25) is 37.3 Å². The summed E-state index contributed by atoms with van der Waals surface area (Å²) >= 11 is 0. The van der Waals surface area contributed by atoms with E-state index >= 15 is 0 Å². The summed E-state index contributed by atoms with van der Waals surface area (Å²) in [5.74, 6) is -2.13. The predicted octanol–water partition coefficient (Wildman–Crippen LogP) is 20.7. The number of aliphatic hydroxyl groups excluding tert-OH is 1. The number of aliphatic hydroxyl groups is 1. The van der Waals surface area contributed by atoms with E-state index in [1.54, 1.807) is 0 Å². The van der Waals surface area contributed by atoms with Gasteiger partial charge in [0.2, 0.25) is 0 Å². The Morgan fingerprint density at radius 3 is 0.656 bits per heavy atom. The average molecular weight is 1330 g/mol. The van der Waals surface area contributed by atoms with Crippen LogP contribution >= 0.6 is 15.6 Å². The second-order valence-electron chi connectivity index (χ2n) is 25.6. The molecule has 0 aromatic carbocycles. The summed E-state index contributed by atoms with van der Waals surface area (Å²) in [6.45, 7) is 4.88. The molecule has 0 bridgehead atoms. The minimum Gasteiger partial charge on any atom is -0.462 e. The van der Waals surface area contributed by atoms with Crippen molar-refractivity contribution in [3.8, 4) is 0 Å². The molecule has 0 aromatic rings. The van der Waals surface area contributed by atoms with Crippen molar-refractivity contribution in [3.05, 3.63) is 0 Å². The van der Waals surface area contributed by atoms with Gasteiger partial charge in [-0.25, -0.2) is 9.13 Å². The van der Waals surface area contributed by atoms with E-state index in [0.717, 1.165) is 109 Å². The Labute approximate surface area is 549 Å². The Morgan fingerprint density at radius 1 is 0.267 bits per heavy atom. The lowest BCUT2D eigenvalue weighted by molar-refractivity contribution is -0.161. The zero-order valence-corrected chi connectivity index (χ0v) is 59.9. The molecule has 17 nitrogen and oxygen atoms in total. The second-order valence-corrected chi connectivity index (χ2v) is 28.5. The van der Waals surface area contributed by atoms with E-state index in [9.17, 15) is 43.2 Å². The number of rotatable bonds is 72. The van der Waals surface area contributed by atoms with Crippen molar-refractivity contribution in [2.75, 3.05) is 39.6 Å². The number of carbonyl (C=O) groups is 4. The molecule has 0 aliphatic carbocycles. The van der Waals surface area contributed by atoms with Gasteiger partial charge in [-0.1, -0.05) is 323 Å². The van der Waals surface area contributed by atoms with Crippen molar-refractivity contribution >= 4 is 39.5 Å². The molecule has 3 N–H and O–H groups in total. The highest BCUT2D eigenvalue weighted by Gasteiger charge is 2.30. The fourth-order valence-corrected chi connectivity index (χ4v) is 12.4. The summed E-state index contributed by atoms with van der Waals surface area (Å²) in [6, 6.07) is 0. The van der Waals surface area contributed by atoms with Crippen LogP contribution in [0.3, 0.4) is 0 Å². The van der Waals surface area contributed by atoms with E-state index in [4.69, 9.17) is 37.0 Å². The lowest BCUT2D eigenvalue weighted by Gasteiger charge is -2.21. The molecule has 0 rings (SSSR count). The molecule has 5 atom stereocenters. The second kappa shape index (κ2) is 65.7. The average Bonchev–Trinajstić information content (AvgIpc) is 3.06. The van der Waals surface area contributed by atoms with E-state index in [1.807, 2.05) is 0 Å². The molecule has 0 aliphatic rings. The van der Waals surface area contributed by atoms with Crippen LogP contribution in [0.5, 0.6) is 0 Å². The van der Waals surface area contributed by atoms with E-state index in [0.29, 0.717) is 25.7 Å². The molecule has 0 saturated heterocycles. The van der Waals surface area contributed by atoms with Crippen LogP contribution in [0.25, 0.3) is 0 Å². The summed E-state index contributed by atoms with van der Waals surface area (Å²) in [4.78, 5) is 72.3. The quantitative estimate of drug-likeness (QED) is 0.0222. The van der Waals surface area contributed by atoms with E-state index in [-0.39, 0.29) is 25.7 Å². The molecule has 0 heterocycles. The van der Waals surface area contributed by atoms with E-state index < -0.39 is 97.5 Å². The van der Waals surface area contributed by atoms with Crippen molar-refractivity contribution in [2.45, 2.75) is 393 Å². The fourth-order valence-electron chi connectivity index (χ4n) is 10.9. The Kier molecular flexibility index (Phi) is 64.3. The molecule has 0 aliphatic heterocycles. The maximum absolute atomic E-state index is 13.0. The van der Waals surface area contributed by atoms with Gasteiger partial charge in [-0.2, -0.15) is 0 Å². The molecule has 0 amide bonds. The van der Waals surface area contributed by atoms with Gasteiger partial charge in [-0.05, 0) is 25.7 Å². The first-order valence-electron chi connectivity index (χ1n) is 37.3. The van der Waals surface area contributed by atoms with Crippen LogP contribution in [0.15, 0.2) is 0 Å². The van der Waals surface area contributed by atoms with E-state index in [1.165, 1.54) is 186 Å². The molecule has 90 heavy (non-hydrogen) atoms. The Morgan fingerprint density at radius 2 is 0.444 bits per heavy atom. The highest BCUT2D eigenvalue weighted by atomic mass is 31.2. The molecular formula is C71H138O17P2. The van der Waals surface area contributed by atoms with Crippen LogP contribution in [0.2, 0.25) is 0 Å². The molecule has 0 saturated carbocycles. The van der Waals surface area contributed by atoms with Crippen molar-refractivity contribution in [3.63, 3.8) is 0 Å². The maximum atomic E-state index is 13.0. The predicted molar refractivity (Wildman–Crippen MR) is 363 cm³/mol. The van der Waals surface area contributed by atoms with Crippen LogP contribution in [-0.4, -0.2) is 96.7 Å². The zero-order valence-electron chi connectivity index (χ0n) is 58.1. The fraction of sp³-hybridized carbons (Fsp3) is 0.944. The molecule has 0 spiro atoms. The Hall–Kier alpha value is -1.94. The molecule has 0 fully saturated rings. The number of esters is 4. The Balaban J connectivity index is 5.15. The third-order valence-electron chi connectivity index (χ3n) is 16.6. The molecule has 0 aromatic heterocycles. The number of phosphoric acid groups is 2. The summed E-state index contributed by atoms with van der Waals surface area (Å²) in [7, 11) is -9.89. The summed E-state index contributed by atoms with van der Waals surface area (Å²) < 4.78 is 68.1. The van der Waals surface area contributed by atoms with Crippen molar-refractivity contribution in [2.24, 2.45) is 0 Å². The van der Waals surface area contributed by atoms with Gasteiger partial charge in [0.25, 0.3) is 0 Å². The van der Waals surface area contributed by atoms with Crippen LogP contribution in [0, 0.1) is 0 Å². The number of hydrogen-bond donors (Lipinski definition) is 3. The maximum Gasteiger partial charge on any atom is 0.472 e. The number of hydrogen-bond acceptors (Lipinski definition) is 15. The normalized spacial score (nSPS) is 14.0. The van der Waals surface area contributed by atoms with Gasteiger partial charge < -0.3 is 33.8 Å². The molecule has 2 unspecified atom stereocenters. The lowest BCUT2D eigenvalue weighted by Crippen LogP contribution is -2.30. The third-order valence-corrected chi connectivity index (χ3v) is 18.5. The lowest BCUT2D eigenvalue weighted by atomic mass is 10.0. The number of phosphoric ester groups is 2. The number of carbonyl (C=O) groups excluding carboxylic acids is 4. The molecule has 0 radical (unpaired) electrons. The smallest absolute Gasteiger partial charge is 0.462 e. The first kappa shape index (κ1) is 88.1. The van der Waals surface area contributed by atoms with Gasteiger partial charge in [0.05, 0.1) is 26.4 Å². The molecule has 534 valence electrons. The van der Waals surface area contributed by atoms with Crippen LogP contribution in [-0.2, 0) is 65.4 Å². The van der Waals surface area contributed by atoms with E-state index in [2.05, 4.69) is 27.7 Å². The number of unbranched alkanes of at least 4 members (excludes halogenated alkanes) is 46. The first-order valence-corrected chi connectivity index (χ1v) is 40.3. The molecule has 19 heteroatoms. The summed E-state index contributed by atoms with van der Waals surface area (Å²) in [5, 5.41) is 10.6. The van der Waals surface area contributed by atoms with Crippen LogP contribution in [0.1, 0.15) is 374 Å². The number of ether oxygens (including phenoxy) is 4.